The summed E-state index contributed by atoms with van der Waals surface area (Å²) >= 11 is 0. The van der Waals surface area contributed by atoms with E-state index in [0.29, 0.717) is 0 Å². The Morgan fingerprint density at radius 1 is 1.22 bits per heavy atom. The normalized spacial score (nSPS) is 21.6. The minimum Gasteiger partial charge on any atom is -0.455 e. The highest BCUT2D eigenvalue weighted by Crippen LogP contribution is 2.21. The fourth-order valence-electron chi connectivity index (χ4n) is 3.70. The van der Waals surface area contributed by atoms with Crippen molar-refractivity contribution < 1.29 is 19.4 Å². The van der Waals surface area contributed by atoms with Gasteiger partial charge in [-0.15, -0.1) is 0 Å². The highest BCUT2D eigenvalue weighted by molar-refractivity contribution is 5.85. The number of rotatable bonds is 13. The molecule has 4 nitrogen and oxygen atoms in total. The Bertz CT molecular complexity index is 753. The average molecular weight is 443 g/mol. The highest BCUT2D eigenvalue weighted by Gasteiger charge is 2.28. The molecule has 4 heteroatoms. The number of allylic oxidation sites excluding steroid dienone is 7. The third-order valence-corrected chi connectivity index (χ3v) is 6.09. The Balaban J connectivity index is 2.52. The first-order chi connectivity index (χ1) is 15.2. The number of unbranched alkanes of at least 4 members (excludes halogenated alkanes) is 1. The van der Waals surface area contributed by atoms with Gasteiger partial charge < -0.3 is 9.84 Å². The molecule has 32 heavy (non-hydrogen) atoms. The van der Waals surface area contributed by atoms with Crippen molar-refractivity contribution in [2.45, 2.75) is 85.9 Å². The van der Waals surface area contributed by atoms with Crippen molar-refractivity contribution in [2.75, 3.05) is 0 Å². The zero-order valence-electron chi connectivity index (χ0n) is 20.7. The molecule has 0 aliphatic carbocycles. The minimum absolute atomic E-state index is 0.0898. The van der Waals surface area contributed by atoms with Crippen LogP contribution in [0.4, 0.5) is 0 Å². The Morgan fingerprint density at radius 2 is 1.94 bits per heavy atom. The van der Waals surface area contributed by atoms with Gasteiger partial charge in [-0.1, -0.05) is 88.6 Å². The zero-order valence-corrected chi connectivity index (χ0v) is 20.7. The van der Waals surface area contributed by atoms with E-state index in [9.17, 15) is 14.7 Å². The molecule has 0 aromatic rings. The number of cyclic esters (lactones) is 1. The van der Waals surface area contributed by atoms with Crippen molar-refractivity contribution in [1.82, 2.24) is 0 Å². The maximum Gasteiger partial charge on any atom is 0.331 e. The standard InChI is InChI=1S/C28H42O4/c1-7-21(4)27(30)23(6)28(31)22(5)19-20(3)13-10-9-11-14-24(8-2)17-18-25-15-12-16-26(29)32-25/h10,12-14,16-19,21-23,25,27,30H,7-9,11,15H2,1-6H3/b13-10+,18-17+,20-19+,24-14-/t21-,22+,23-,25+,27+/m0/s1. The lowest BCUT2D eigenvalue weighted by Gasteiger charge is -2.24. The number of ketones is 1. The van der Waals surface area contributed by atoms with E-state index >= 15 is 0 Å². The molecule has 1 N–H and O–H groups in total. The number of aliphatic hydroxyl groups excluding tert-OH is 1. The van der Waals surface area contributed by atoms with E-state index in [1.807, 2.05) is 58.9 Å². The minimum atomic E-state index is -0.588. The predicted molar refractivity (Wildman–Crippen MR) is 132 cm³/mol. The van der Waals surface area contributed by atoms with Crippen LogP contribution in [-0.2, 0) is 14.3 Å². The van der Waals surface area contributed by atoms with E-state index in [0.717, 1.165) is 37.7 Å². The summed E-state index contributed by atoms with van der Waals surface area (Å²) in [5.74, 6) is -0.636. The van der Waals surface area contributed by atoms with Crippen LogP contribution >= 0.6 is 0 Å². The first-order valence-electron chi connectivity index (χ1n) is 12.0. The molecule has 0 fully saturated rings. The van der Waals surface area contributed by atoms with Crippen LogP contribution < -0.4 is 0 Å². The second-order valence-corrected chi connectivity index (χ2v) is 8.85. The molecule has 1 aliphatic rings. The van der Waals surface area contributed by atoms with Crippen molar-refractivity contribution in [3.05, 3.63) is 59.8 Å². The summed E-state index contributed by atoms with van der Waals surface area (Å²) in [6, 6.07) is 0. The number of aliphatic hydroxyl groups is 1. The molecule has 0 aromatic carbocycles. The maximum atomic E-state index is 12.6. The maximum absolute atomic E-state index is 12.6. The van der Waals surface area contributed by atoms with E-state index in [-0.39, 0.29) is 35.6 Å². The lowest BCUT2D eigenvalue weighted by molar-refractivity contribution is -0.141. The number of hydrogen-bond acceptors (Lipinski definition) is 4. The molecule has 178 valence electrons. The van der Waals surface area contributed by atoms with Crippen LogP contribution in [0.5, 0.6) is 0 Å². The summed E-state index contributed by atoms with van der Waals surface area (Å²) in [6.45, 7) is 11.9. The Morgan fingerprint density at radius 3 is 2.56 bits per heavy atom. The smallest absolute Gasteiger partial charge is 0.331 e. The van der Waals surface area contributed by atoms with E-state index in [2.05, 4.69) is 25.2 Å². The van der Waals surface area contributed by atoms with Gasteiger partial charge in [0.05, 0.1) is 6.10 Å². The summed E-state index contributed by atoms with van der Waals surface area (Å²) in [4.78, 5) is 23.9. The molecule has 0 aromatic heterocycles. The van der Waals surface area contributed by atoms with Crippen molar-refractivity contribution in [1.29, 1.82) is 0 Å². The average Bonchev–Trinajstić information content (AvgIpc) is 2.78. The Kier molecular flexibility index (Phi) is 12.9. The highest BCUT2D eigenvalue weighted by atomic mass is 16.5. The molecule has 0 bridgehead atoms. The molecule has 0 amide bonds. The first kappa shape index (κ1) is 27.8. The molecule has 1 aliphatic heterocycles. The monoisotopic (exact) mass is 442 g/mol. The van der Waals surface area contributed by atoms with Crippen molar-refractivity contribution in [2.24, 2.45) is 17.8 Å². The number of ether oxygens (including phenoxy) is 1. The number of hydrogen-bond donors (Lipinski definition) is 1. The van der Waals surface area contributed by atoms with Gasteiger partial charge in [0, 0.05) is 24.3 Å². The lowest BCUT2D eigenvalue weighted by Crippen LogP contribution is -2.33. The quantitative estimate of drug-likeness (QED) is 0.207. The molecule has 5 atom stereocenters. The topological polar surface area (TPSA) is 63.6 Å². The number of Topliss-reactive ketones (excluding diaryl/α,β-unsaturated/α-hetero) is 1. The second kappa shape index (κ2) is 14.8. The largest absolute Gasteiger partial charge is 0.455 e. The first-order valence-corrected chi connectivity index (χ1v) is 12.0. The number of carbonyl (C=O) groups is 2. The summed E-state index contributed by atoms with van der Waals surface area (Å²) in [7, 11) is 0. The van der Waals surface area contributed by atoms with E-state index in [1.165, 1.54) is 11.6 Å². The van der Waals surface area contributed by atoms with Gasteiger partial charge in [-0.25, -0.2) is 4.79 Å². The van der Waals surface area contributed by atoms with Crippen LogP contribution in [0.3, 0.4) is 0 Å². The molecule has 0 saturated heterocycles. The third-order valence-electron chi connectivity index (χ3n) is 6.09. The van der Waals surface area contributed by atoms with Gasteiger partial charge in [0.2, 0.25) is 0 Å². The molecule has 0 unspecified atom stereocenters. The fraction of sp³-hybridized carbons (Fsp3) is 0.571. The van der Waals surface area contributed by atoms with E-state index in [4.69, 9.17) is 4.74 Å². The van der Waals surface area contributed by atoms with Crippen molar-refractivity contribution in [3.63, 3.8) is 0 Å². The zero-order chi connectivity index (χ0) is 24.1. The van der Waals surface area contributed by atoms with Gasteiger partial charge in [-0.2, -0.15) is 0 Å². The molecule has 1 rings (SSSR count). The third kappa shape index (κ3) is 9.95. The van der Waals surface area contributed by atoms with Crippen LogP contribution in [-0.4, -0.2) is 29.1 Å². The van der Waals surface area contributed by atoms with Gasteiger partial charge in [0.1, 0.15) is 11.9 Å². The van der Waals surface area contributed by atoms with Gasteiger partial charge in [0.25, 0.3) is 0 Å². The van der Waals surface area contributed by atoms with Crippen LogP contribution in [0.2, 0.25) is 0 Å². The van der Waals surface area contributed by atoms with E-state index in [1.54, 1.807) is 0 Å². The molecular formula is C28H42O4. The molecular weight excluding hydrogens is 400 g/mol. The summed E-state index contributed by atoms with van der Waals surface area (Å²) < 4.78 is 5.25. The molecule has 0 radical (unpaired) electrons. The van der Waals surface area contributed by atoms with Gasteiger partial charge in [-0.3, -0.25) is 4.79 Å². The fourth-order valence-corrected chi connectivity index (χ4v) is 3.70. The van der Waals surface area contributed by atoms with Crippen molar-refractivity contribution in [3.8, 4) is 0 Å². The van der Waals surface area contributed by atoms with Crippen molar-refractivity contribution >= 4 is 11.8 Å². The molecule has 0 spiro atoms. The molecule has 0 saturated carbocycles. The molecule has 1 heterocycles. The number of esters is 1. The predicted octanol–water partition coefficient (Wildman–Crippen LogP) is 6.28. The summed E-state index contributed by atoms with van der Waals surface area (Å²) in [6.07, 6.45) is 19.3. The second-order valence-electron chi connectivity index (χ2n) is 8.85. The Labute approximate surface area is 194 Å². The van der Waals surface area contributed by atoms with E-state index < -0.39 is 6.10 Å². The van der Waals surface area contributed by atoms with Gasteiger partial charge >= 0.3 is 5.97 Å². The number of carbonyl (C=O) groups excluding carboxylic acids is 2. The van der Waals surface area contributed by atoms with Crippen LogP contribution in [0.15, 0.2) is 59.8 Å². The van der Waals surface area contributed by atoms with Crippen LogP contribution in [0.1, 0.15) is 73.6 Å². The van der Waals surface area contributed by atoms with Gasteiger partial charge in [0.15, 0.2) is 0 Å². The van der Waals surface area contributed by atoms with Gasteiger partial charge in [-0.05, 0) is 38.2 Å². The lowest BCUT2D eigenvalue weighted by atomic mass is 9.84. The summed E-state index contributed by atoms with van der Waals surface area (Å²) in [5, 5.41) is 10.3. The van der Waals surface area contributed by atoms with Crippen LogP contribution in [0, 0.1) is 17.8 Å². The SMILES string of the molecule is CCC(=C/CC/C=C/C(C)=C/[C@@H](C)C(=O)[C@@H](C)[C@H](O)[C@@H](C)CC)/C=C/[C@H]1CC=CC(=O)O1. The van der Waals surface area contributed by atoms with Crippen LogP contribution in [0.25, 0.3) is 0 Å². The summed E-state index contributed by atoms with van der Waals surface area (Å²) in [5.41, 5.74) is 2.28. The Hall–Kier alpha value is -2.20.